The summed E-state index contributed by atoms with van der Waals surface area (Å²) in [6, 6.07) is 0. The molecule has 0 aromatic heterocycles. The number of hydrogen-bond donors (Lipinski definition) is 2. The minimum atomic E-state index is -0.896. The molecule has 164 valence electrons. The Labute approximate surface area is 172 Å². The first-order valence-electron chi connectivity index (χ1n) is 10.7. The number of aliphatic carboxylic acids is 1. The molecule has 29 heavy (non-hydrogen) atoms. The van der Waals surface area contributed by atoms with Gasteiger partial charge in [0.05, 0.1) is 6.10 Å². The molecule has 4 atom stereocenters. The number of carboxylic acids is 1. The average Bonchev–Trinajstić information content (AvgIpc) is 2.56. The lowest BCUT2D eigenvalue weighted by molar-refractivity contribution is -0.157. The maximum absolute atomic E-state index is 12.7. The lowest BCUT2D eigenvalue weighted by Gasteiger charge is -2.42. The van der Waals surface area contributed by atoms with Crippen LogP contribution in [0.15, 0.2) is 0 Å². The Kier molecular flexibility index (Phi) is 7.60. The zero-order valence-electron chi connectivity index (χ0n) is 18.0. The van der Waals surface area contributed by atoms with Crippen LogP contribution >= 0.6 is 0 Å². The molecule has 1 heterocycles. The summed E-state index contributed by atoms with van der Waals surface area (Å²) in [5.74, 6) is -1.74. The number of rotatable bonds is 8. The fourth-order valence-electron chi connectivity index (χ4n) is 5.10. The van der Waals surface area contributed by atoms with Crippen LogP contribution < -0.4 is 0 Å². The Morgan fingerprint density at radius 3 is 2.28 bits per heavy atom. The van der Waals surface area contributed by atoms with Gasteiger partial charge in [0.15, 0.2) is 0 Å². The summed E-state index contributed by atoms with van der Waals surface area (Å²) in [7, 11) is 0. The predicted octanol–water partition coefficient (Wildman–Crippen LogP) is 2.79. The first kappa shape index (κ1) is 23.5. The van der Waals surface area contributed by atoms with E-state index in [1.807, 2.05) is 6.92 Å². The molecule has 0 radical (unpaired) electrons. The third kappa shape index (κ3) is 5.87. The Hall–Kier alpha value is -1.76. The van der Waals surface area contributed by atoms with Gasteiger partial charge < -0.3 is 10.2 Å². The van der Waals surface area contributed by atoms with E-state index in [0.29, 0.717) is 25.2 Å². The van der Waals surface area contributed by atoms with E-state index >= 15 is 0 Å². The van der Waals surface area contributed by atoms with Crippen LogP contribution in [0.2, 0.25) is 0 Å². The second-order valence-electron chi connectivity index (χ2n) is 9.75. The van der Waals surface area contributed by atoms with Crippen LogP contribution in [0.3, 0.4) is 0 Å². The highest BCUT2D eigenvalue weighted by Crippen LogP contribution is 2.36. The number of ketones is 1. The van der Waals surface area contributed by atoms with Gasteiger partial charge in [-0.25, -0.2) is 0 Å². The van der Waals surface area contributed by atoms with Gasteiger partial charge >= 0.3 is 5.97 Å². The lowest BCUT2D eigenvalue weighted by atomic mass is 9.71. The maximum atomic E-state index is 12.7. The van der Waals surface area contributed by atoms with Crippen molar-refractivity contribution in [2.24, 2.45) is 23.7 Å². The summed E-state index contributed by atoms with van der Waals surface area (Å²) in [5, 5.41) is 19.5. The standard InChI is InChI=1S/C22H35NO6/c1-13-8-14(2)21(29)16(9-13)17(24)10-15-11-18(25)23(19(26)12-15)22(3,4)7-5-6-20(27)28/h13-17,24H,5-12H2,1-4H3,(H,27,28)/t13-,14-,16?,17?/m0/s1. The van der Waals surface area contributed by atoms with Crippen molar-refractivity contribution in [1.29, 1.82) is 0 Å². The summed E-state index contributed by atoms with van der Waals surface area (Å²) in [6.45, 7) is 7.54. The summed E-state index contributed by atoms with van der Waals surface area (Å²) in [6.07, 6.45) is 2.09. The SMILES string of the molecule is C[C@@H]1CC(C(O)CC2CC(=O)N(C(C)(C)CCCC(=O)O)C(=O)C2)C(=O)[C@@H](C)C1. The van der Waals surface area contributed by atoms with Crippen LogP contribution in [0.1, 0.15) is 79.1 Å². The van der Waals surface area contributed by atoms with E-state index in [1.54, 1.807) is 13.8 Å². The molecule has 2 amide bonds. The van der Waals surface area contributed by atoms with Gasteiger partial charge in [-0.15, -0.1) is 0 Å². The molecule has 0 bridgehead atoms. The molecule has 2 aliphatic rings. The molecule has 1 aliphatic heterocycles. The number of piperidine rings is 1. The number of imide groups is 1. The number of amides is 2. The normalized spacial score (nSPS) is 28.0. The van der Waals surface area contributed by atoms with Crippen LogP contribution in [0.4, 0.5) is 0 Å². The number of Topliss-reactive ketones (excluding diaryl/α,β-unsaturated/α-hetero) is 1. The first-order chi connectivity index (χ1) is 13.4. The average molecular weight is 410 g/mol. The summed E-state index contributed by atoms with van der Waals surface area (Å²) >= 11 is 0. The zero-order valence-corrected chi connectivity index (χ0v) is 18.0. The largest absolute Gasteiger partial charge is 0.481 e. The fourth-order valence-corrected chi connectivity index (χ4v) is 5.10. The Morgan fingerprint density at radius 2 is 1.72 bits per heavy atom. The van der Waals surface area contributed by atoms with Crippen molar-refractivity contribution in [3.05, 3.63) is 0 Å². The molecule has 0 spiro atoms. The molecule has 2 fully saturated rings. The smallest absolute Gasteiger partial charge is 0.303 e. The zero-order chi connectivity index (χ0) is 21.9. The number of aliphatic hydroxyl groups excluding tert-OH is 1. The number of hydrogen-bond acceptors (Lipinski definition) is 5. The number of carbonyl (C=O) groups is 4. The summed E-state index contributed by atoms with van der Waals surface area (Å²) in [4.78, 5) is 49.9. The summed E-state index contributed by atoms with van der Waals surface area (Å²) < 4.78 is 0. The Bertz CT molecular complexity index is 640. The second-order valence-corrected chi connectivity index (χ2v) is 9.75. The van der Waals surface area contributed by atoms with Crippen molar-refractivity contribution in [3.8, 4) is 0 Å². The molecule has 2 rings (SSSR count). The Balaban J connectivity index is 1.97. The van der Waals surface area contributed by atoms with Crippen molar-refractivity contribution >= 4 is 23.6 Å². The maximum Gasteiger partial charge on any atom is 0.303 e. The van der Waals surface area contributed by atoms with E-state index in [0.717, 1.165) is 6.42 Å². The van der Waals surface area contributed by atoms with Crippen molar-refractivity contribution in [3.63, 3.8) is 0 Å². The molecule has 1 saturated heterocycles. The molecule has 0 aromatic rings. The number of carbonyl (C=O) groups excluding carboxylic acids is 3. The number of aliphatic hydroxyl groups is 1. The van der Waals surface area contributed by atoms with Gasteiger partial charge in [0.2, 0.25) is 11.8 Å². The van der Waals surface area contributed by atoms with E-state index in [2.05, 4.69) is 6.92 Å². The van der Waals surface area contributed by atoms with Gasteiger partial charge in [0.1, 0.15) is 5.78 Å². The quantitative estimate of drug-likeness (QED) is 0.596. The molecular formula is C22H35NO6. The second kappa shape index (κ2) is 9.37. The molecule has 7 nitrogen and oxygen atoms in total. The van der Waals surface area contributed by atoms with Crippen LogP contribution in [0.25, 0.3) is 0 Å². The Morgan fingerprint density at radius 1 is 1.14 bits per heavy atom. The molecule has 7 heteroatoms. The highest BCUT2D eigenvalue weighted by atomic mass is 16.4. The van der Waals surface area contributed by atoms with Crippen LogP contribution in [-0.2, 0) is 19.2 Å². The summed E-state index contributed by atoms with van der Waals surface area (Å²) in [5.41, 5.74) is -0.739. The van der Waals surface area contributed by atoms with E-state index in [1.165, 1.54) is 4.90 Å². The predicted molar refractivity (Wildman–Crippen MR) is 107 cm³/mol. The minimum Gasteiger partial charge on any atom is -0.481 e. The van der Waals surface area contributed by atoms with E-state index in [-0.39, 0.29) is 55.1 Å². The molecule has 1 saturated carbocycles. The van der Waals surface area contributed by atoms with Crippen LogP contribution in [-0.4, -0.2) is 50.3 Å². The van der Waals surface area contributed by atoms with Gasteiger partial charge in [-0.05, 0) is 57.8 Å². The highest BCUT2D eigenvalue weighted by molar-refractivity contribution is 5.98. The van der Waals surface area contributed by atoms with E-state index in [9.17, 15) is 24.3 Å². The van der Waals surface area contributed by atoms with E-state index in [4.69, 9.17) is 5.11 Å². The molecule has 2 N–H and O–H groups in total. The van der Waals surface area contributed by atoms with Crippen LogP contribution in [0.5, 0.6) is 0 Å². The van der Waals surface area contributed by atoms with Crippen molar-refractivity contribution in [2.45, 2.75) is 90.7 Å². The molecule has 1 aliphatic carbocycles. The number of nitrogens with zero attached hydrogens (tertiary/aromatic N) is 1. The van der Waals surface area contributed by atoms with Crippen molar-refractivity contribution in [2.75, 3.05) is 0 Å². The molecule has 2 unspecified atom stereocenters. The van der Waals surface area contributed by atoms with Gasteiger partial charge in [-0.1, -0.05) is 13.8 Å². The van der Waals surface area contributed by atoms with Gasteiger partial charge in [-0.2, -0.15) is 0 Å². The van der Waals surface area contributed by atoms with Crippen molar-refractivity contribution < 1.29 is 29.4 Å². The van der Waals surface area contributed by atoms with Crippen LogP contribution in [0, 0.1) is 23.7 Å². The highest BCUT2D eigenvalue weighted by Gasteiger charge is 2.43. The topological polar surface area (TPSA) is 112 Å². The number of carboxylic acid groups (broad SMARTS) is 1. The monoisotopic (exact) mass is 409 g/mol. The first-order valence-corrected chi connectivity index (χ1v) is 10.7. The fraction of sp³-hybridized carbons (Fsp3) is 0.818. The molecular weight excluding hydrogens is 374 g/mol. The third-order valence-corrected chi connectivity index (χ3v) is 6.51. The molecule has 0 aromatic carbocycles. The number of likely N-dealkylation sites (tertiary alicyclic amines) is 1. The lowest BCUT2D eigenvalue weighted by Crippen LogP contribution is -2.55. The van der Waals surface area contributed by atoms with E-state index < -0.39 is 23.5 Å². The van der Waals surface area contributed by atoms with Gasteiger partial charge in [0.25, 0.3) is 0 Å². The van der Waals surface area contributed by atoms with Crippen molar-refractivity contribution in [1.82, 2.24) is 4.90 Å². The van der Waals surface area contributed by atoms with Gasteiger partial charge in [0, 0.05) is 36.6 Å². The van der Waals surface area contributed by atoms with Gasteiger partial charge in [-0.3, -0.25) is 24.1 Å². The third-order valence-electron chi connectivity index (χ3n) is 6.51. The minimum absolute atomic E-state index is 0.000725.